The van der Waals surface area contributed by atoms with Crippen molar-refractivity contribution >= 4 is 34.3 Å². The van der Waals surface area contributed by atoms with Crippen molar-refractivity contribution in [2.75, 3.05) is 31.1 Å². The average molecular weight is 338 g/mol. The second-order valence-corrected chi connectivity index (χ2v) is 7.04. The first-order valence-electron chi connectivity index (χ1n) is 7.08. The lowest BCUT2D eigenvalue weighted by molar-refractivity contribution is -0.384. The predicted molar refractivity (Wildman–Crippen MR) is 89.9 cm³/mol. The number of piperazine rings is 1. The molecule has 1 aromatic carbocycles. The Labute approximate surface area is 137 Å². The summed E-state index contributed by atoms with van der Waals surface area (Å²) in [6.07, 6.45) is 0. The molecule has 1 aliphatic heterocycles. The summed E-state index contributed by atoms with van der Waals surface area (Å²) in [7, 11) is 0. The van der Waals surface area contributed by atoms with Crippen LogP contribution in [-0.2, 0) is 6.54 Å². The Balaban J connectivity index is 1.56. The van der Waals surface area contributed by atoms with Gasteiger partial charge in [-0.15, -0.1) is 11.3 Å². The van der Waals surface area contributed by atoms with Gasteiger partial charge in [0.15, 0.2) is 0 Å². The van der Waals surface area contributed by atoms with Crippen LogP contribution in [0.1, 0.15) is 4.88 Å². The molecule has 1 aliphatic rings. The number of nitrogens with zero attached hydrogens (tertiary/aromatic N) is 3. The van der Waals surface area contributed by atoms with Crippen LogP contribution in [0.5, 0.6) is 0 Å². The molecule has 0 spiro atoms. The van der Waals surface area contributed by atoms with Gasteiger partial charge in [0.1, 0.15) is 0 Å². The van der Waals surface area contributed by atoms with Crippen LogP contribution in [-0.4, -0.2) is 36.0 Å². The third-order valence-electron chi connectivity index (χ3n) is 3.81. The summed E-state index contributed by atoms with van der Waals surface area (Å²) >= 11 is 7.59. The summed E-state index contributed by atoms with van der Waals surface area (Å²) in [6, 6.07) is 10.8. The molecule has 0 saturated carbocycles. The Morgan fingerprint density at radius 2 is 1.77 bits per heavy atom. The number of rotatable bonds is 4. The molecule has 5 nitrogen and oxygen atoms in total. The Morgan fingerprint density at radius 3 is 2.32 bits per heavy atom. The maximum atomic E-state index is 10.7. The monoisotopic (exact) mass is 337 g/mol. The molecular formula is C15H16ClN3O2S. The van der Waals surface area contributed by atoms with Gasteiger partial charge in [0.05, 0.1) is 9.26 Å². The molecule has 0 bridgehead atoms. The first-order valence-corrected chi connectivity index (χ1v) is 8.27. The number of thiophene rings is 1. The van der Waals surface area contributed by atoms with Crippen molar-refractivity contribution in [2.24, 2.45) is 0 Å². The molecule has 0 atom stereocenters. The topological polar surface area (TPSA) is 49.6 Å². The number of anilines is 1. The normalized spacial score (nSPS) is 16.0. The van der Waals surface area contributed by atoms with Gasteiger partial charge in [-0.2, -0.15) is 0 Å². The highest BCUT2D eigenvalue weighted by molar-refractivity contribution is 7.16. The van der Waals surface area contributed by atoms with Gasteiger partial charge in [0, 0.05) is 55.4 Å². The highest BCUT2D eigenvalue weighted by Crippen LogP contribution is 2.24. The van der Waals surface area contributed by atoms with Gasteiger partial charge in [-0.1, -0.05) is 11.6 Å². The average Bonchev–Trinajstić information content (AvgIpc) is 2.93. The molecule has 0 unspecified atom stereocenters. The van der Waals surface area contributed by atoms with E-state index in [2.05, 4.69) is 15.9 Å². The first kappa shape index (κ1) is 15.3. The fourth-order valence-electron chi connectivity index (χ4n) is 2.61. The summed E-state index contributed by atoms with van der Waals surface area (Å²) in [5.41, 5.74) is 1.18. The molecule has 1 fully saturated rings. The SMILES string of the molecule is O=[N+]([O-])c1ccc(N2CCN(Cc3ccc(Cl)s3)CC2)cc1. The molecule has 1 saturated heterocycles. The van der Waals surface area contributed by atoms with Gasteiger partial charge in [-0.25, -0.2) is 0 Å². The fourth-order valence-corrected chi connectivity index (χ4v) is 3.74. The predicted octanol–water partition coefficient (Wildman–Crippen LogP) is 3.63. The largest absolute Gasteiger partial charge is 0.369 e. The fraction of sp³-hybridized carbons (Fsp3) is 0.333. The van der Waals surface area contributed by atoms with Crippen molar-refractivity contribution in [3.63, 3.8) is 0 Å². The quantitative estimate of drug-likeness (QED) is 0.631. The van der Waals surface area contributed by atoms with Crippen LogP contribution in [0.4, 0.5) is 11.4 Å². The second-order valence-electron chi connectivity index (χ2n) is 5.24. The summed E-state index contributed by atoms with van der Waals surface area (Å²) in [6.45, 7) is 4.75. The van der Waals surface area contributed by atoms with Crippen LogP contribution in [0.15, 0.2) is 36.4 Å². The highest BCUT2D eigenvalue weighted by Gasteiger charge is 2.18. The maximum absolute atomic E-state index is 10.7. The minimum Gasteiger partial charge on any atom is -0.369 e. The van der Waals surface area contributed by atoms with Gasteiger partial charge in [0.2, 0.25) is 0 Å². The van der Waals surface area contributed by atoms with Crippen LogP contribution in [0, 0.1) is 10.1 Å². The van der Waals surface area contributed by atoms with E-state index < -0.39 is 0 Å². The first-order chi connectivity index (χ1) is 10.6. The van der Waals surface area contributed by atoms with Crippen LogP contribution in [0.3, 0.4) is 0 Å². The summed E-state index contributed by atoms with van der Waals surface area (Å²) in [4.78, 5) is 16.3. The van der Waals surface area contributed by atoms with Crippen molar-refractivity contribution in [3.8, 4) is 0 Å². The molecule has 116 valence electrons. The molecule has 22 heavy (non-hydrogen) atoms. The summed E-state index contributed by atoms with van der Waals surface area (Å²) in [5.74, 6) is 0. The Bertz CT molecular complexity index is 651. The van der Waals surface area contributed by atoms with Crippen LogP contribution in [0.2, 0.25) is 4.34 Å². The van der Waals surface area contributed by atoms with E-state index in [0.717, 1.165) is 42.7 Å². The Kier molecular flexibility index (Phi) is 4.61. The number of benzene rings is 1. The number of halogens is 1. The minimum absolute atomic E-state index is 0.136. The summed E-state index contributed by atoms with van der Waals surface area (Å²) in [5, 5.41) is 10.7. The molecule has 3 rings (SSSR count). The smallest absolute Gasteiger partial charge is 0.269 e. The van der Waals surface area contributed by atoms with Crippen LogP contribution < -0.4 is 4.90 Å². The molecule has 0 radical (unpaired) electrons. The lowest BCUT2D eigenvalue weighted by Crippen LogP contribution is -2.45. The van der Waals surface area contributed by atoms with Crippen molar-refractivity contribution in [1.29, 1.82) is 0 Å². The van der Waals surface area contributed by atoms with Crippen molar-refractivity contribution in [3.05, 3.63) is 55.7 Å². The van der Waals surface area contributed by atoms with E-state index in [0.29, 0.717) is 0 Å². The standard InChI is InChI=1S/C15H16ClN3O2S/c16-15-6-5-14(22-15)11-17-7-9-18(10-8-17)12-1-3-13(4-2-12)19(20)21/h1-6H,7-11H2. The Morgan fingerprint density at radius 1 is 1.09 bits per heavy atom. The number of hydrogen-bond acceptors (Lipinski definition) is 5. The third kappa shape index (κ3) is 3.58. The van der Waals surface area contributed by atoms with E-state index in [-0.39, 0.29) is 10.6 Å². The van der Waals surface area contributed by atoms with Gasteiger partial charge >= 0.3 is 0 Å². The molecule has 2 heterocycles. The van der Waals surface area contributed by atoms with Gasteiger partial charge in [-0.3, -0.25) is 15.0 Å². The maximum Gasteiger partial charge on any atom is 0.269 e. The Hall–Kier alpha value is -1.63. The van der Waals surface area contributed by atoms with E-state index in [1.165, 1.54) is 4.88 Å². The zero-order valence-corrected chi connectivity index (χ0v) is 13.5. The number of hydrogen-bond donors (Lipinski definition) is 0. The summed E-state index contributed by atoms with van der Waals surface area (Å²) < 4.78 is 0.833. The minimum atomic E-state index is -0.367. The molecule has 0 aliphatic carbocycles. The van der Waals surface area contributed by atoms with E-state index in [1.807, 2.05) is 18.2 Å². The van der Waals surface area contributed by atoms with Crippen molar-refractivity contribution in [2.45, 2.75) is 6.54 Å². The number of nitro groups is 1. The molecule has 0 amide bonds. The lowest BCUT2D eigenvalue weighted by atomic mass is 10.2. The lowest BCUT2D eigenvalue weighted by Gasteiger charge is -2.35. The van der Waals surface area contributed by atoms with E-state index in [1.54, 1.807) is 23.5 Å². The number of nitro benzene ring substituents is 1. The van der Waals surface area contributed by atoms with Gasteiger partial charge in [0.25, 0.3) is 5.69 Å². The number of non-ortho nitro benzene ring substituents is 1. The third-order valence-corrected chi connectivity index (χ3v) is 5.02. The van der Waals surface area contributed by atoms with Crippen LogP contribution >= 0.6 is 22.9 Å². The van der Waals surface area contributed by atoms with Gasteiger partial charge < -0.3 is 4.90 Å². The molecule has 1 aromatic heterocycles. The van der Waals surface area contributed by atoms with Crippen molar-refractivity contribution < 1.29 is 4.92 Å². The zero-order valence-electron chi connectivity index (χ0n) is 11.9. The molecule has 7 heteroatoms. The molecule has 0 N–H and O–H groups in total. The van der Waals surface area contributed by atoms with Crippen molar-refractivity contribution in [1.82, 2.24) is 4.90 Å². The van der Waals surface area contributed by atoms with Gasteiger partial charge in [-0.05, 0) is 24.3 Å². The van der Waals surface area contributed by atoms with Crippen LogP contribution in [0.25, 0.3) is 0 Å². The second kappa shape index (κ2) is 6.64. The van der Waals surface area contributed by atoms with E-state index >= 15 is 0 Å². The molecule has 2 aromatic rings. The highest BCUT2D eigenvalue weighted by atomic mass is 35.5. The molecular weight excluding hydrogens is 322 g/mol. The van der Waals surface area contributed by atoms with E-state index in [4.69, 9.17) is 11.6 Å². The zero-order chi connectivity index (χ0) is 15.5. The van der Waals surface area contributed by atoms with E-state index in [9.17, 15) is 10.1 Å².